The first-order chi connectivity index (χ1) is 13.8. The van der Waals surface area contributed by atoms with Gasteiger partial charge in [0.1, 0.15) is 11.9 Å². The van der Waals surface area contributed by atoms with Crippen molar-refractivity contribution in [2.75, 3.05) is 5.32 Å². The van der Waals surface area contributed by atoms with Crippen molar-refractivity contribution in [2.45, 2.75) is 32.8 Å². The molecule has 154 valence electrons. The van der Waals surface area contributed by atoms with E-state index < -0.39 is 23.5 Å². The lowest BCUT2D eigenvalue weighted by atomic mass is 9.78. The Balaban J connectivity index is 2.15. The first kappa shape index (κ1) is 22.0. The lowest BCUT2D eigenvalue weighted by Gasteiger charge is -2.34. The van der Waals surface area contributed by atoms with Gasteiger partial charge in [-0.25, -0.2) is 10.3 Å². The number of para-hydroxylation sites is 1. The maximum absolute atomic E-state index is 12.5. The molecule has 0 aliphatic heterocycles. The molecule has 0 aromatic heterocycles. The molecule has 0 radical (unpaired) electrons. The molecule has 0 saturated carbocycles. The average Bonchev–Trinajstić information content (AvgIpc) is 2.70. The van der Waals surface area contributed by atoms with E-state index in [2.05, 4.69) is 5.32 Å². The molecule has 2 rings (SSSR count). The van der Waals surface area contributed by atoms with Crippen LogP contribution in [0.5, 0.6) is 5.75 Å². The summed E-state index contributed by atoms with van der Waals surface area (Å²) in [5.74, 6) is -0.478. The van der Waals surface area contributed by atoms with Gasteiger partial charge < -0.3 is 9.84 Å². The molecule has 0 spiro atoms. The van der Waals surface area contributed by atoms with E-state index in [0.29, 0.717) is 18.5 Å². The number of amides is 2. The lowest BCUT2D eigenvalue weighted by Crippen LogP contribution is -2.29. The van der Waals surface area contributed by atoms with Gasteiger partial charge in [-0.1, -0.05) is 50.3 Å². The van der Waals surface area contributed by atoms with Gasteiger partial charge in [0.15, 0.2) is 0 Å². The zero-order chi connectivity index (χ0) is 21.3. The van der Waals surface area contributed by atoms with Gasteiger partial charge in [0.25, 0.3) is 5.91 Å². The molecule has 1 atom stereocenters. The number of nitrogens with one attached hydrogen (secondary N) is 2. The van der Waals surface area contributed by atoms with Crippen molar-refractivity contribution >= 4 is 17.7 Å². The predicted molar refractivity (Wildman–Crippen MR) is 109 cm³/mol. The van der Waals surface area contributed by atoms with Crippen LogP contribution in [0.4, 0.5) is 10.5 Å². The summed E-state index contributed by atoms with van der Waals surface area (Å²) in [5, 5.41) is 20.8. The van der Waals surface area contributed by atoms with Crippen molar-refractivity contribution in [3.8, 4) is 5.75 Å². The highest BCUT2D eigenvalue weighted by atomic mass is 16.6. The lowest BCUT2D eigenvalue weighted by molar-refractivity contribution is -0.124. The van der Waals surface area contributed by atoms with Crippen LogP contribution >= 0.6 is 0 Å². The van der Waals surface area contributed by atoms with E-state index in [1.54, 1.807) is 42.5 Å². The maximum atomic E-state index is 12.5. The molecule has 0 heterocycles. The minimum absolute atomic E-state index is 0.122. The summed E-state index contributed by atoms with van der Waals surface area (Å²) in [5.41, 5.74) is 2.42. The van der Waals surface area contributed by atoms with Gasteiger partial charge in [0.2, 0.25) is 0 Å². The number of ether oxygens (including phenoxy) is 1. The van der Waals surface area contributed by atoms with Gasteiger partial charge in [-0.2, -0.15) is 0 Å². The first-order valence-electron chi connectivity index (χ1n) is 9.24. The van der Waals surface area contributed by atoms with Crippen molar-refractivity contribution in [3.05, 3.63) is 72.3 Å². The van der Waals surface area contributed by atoms with Gasteiger partial charge in [0.05, 0.1) is 0 Å². The molecule has 0 fully saturated rings. The van der Waals surface area contributed by atoms with Gasteiger partial charge in [-0.3, -0.25) is 15.3 Å². The zero-order valence-electron chi connectivity index (χ0n) is 16.5. The highest BCUT2D eigenvalue weighted by Gasteiger charge is 2.33. The number of benzene rings is 2. The van der Waals surface area contributed by atoms with Gasteiger partial charge in [0, 0.05) is 17.2 Å². The van der Waals surface area contributed by atoms with Crippen LogP contribution in [0.25, 0.3) is 0 Å². The molecule has 0 aliphatic carbocycles. The Kier molecular flexibility index (Phi) is 7.79. The number of carbonyl (C=O) groups is 2. The summed E-state index contributed by atoms with van der Waals surface area (Å²) in [7, 11) is 0. The minimum atomic E-state index is -0.601. The second-order valence-electron chi connectivity index (χ2n) is 7.27. The Morgan fingerprint density at radius 1 is 1.10 bits per heavy atom. The summed E-state index contributed by atoms with van der Waals surface area (Å²) >= 11 is 0. The molecule has 0 saturated heterocycles. The fraction of sp³-hybridized carbons (Fsp3) is 0.273. The number of hydrogen-bond acceptors (Lipinski definition) is 5. The Bertz CT molecular complexity index is 832. The quantitative estimate of drug-likeness (QED) is 0.296. The third kappa shape index (κ3) is 6.97. The molecule has 2 aromatic carbocycles. The summed E-state index contributed by atoms with van der Waals surface area (Å²) in [6.07, 6.45) is 2.86. The van der Waals surface area contributed by atoms with E-state index in [4.69, 9.17) is 9.94 Å². The van der Waals surface area contributed by atoms with E-state index in [0.717, 1.165) is 5.56 Å². The fourth-order valence-electron chi connectivity index (χ4n) is 2.92. The first-order valence-corrected chi connectivity index (χ1v) is 9.24. The van der Waals surface area contributed by atoms with Gasteiger partial charge >= 0.3 is 6.09 Å². The molecular formula is C22H26N2O5. The number of hydroxylamine groups is 1. The summed E-state index contributed by atoms with van der Waals surface area (Å²) in [4.78, 5) is 23.6. The second-order valence-corrected chi connectivity index (χ2v) is 7.27. The minimum Gasteiger partial charge on any atom is -0.508 e. The molecule has 7 heteroatoms. The van der Waals surface area contributed by atoms with Crippen LogP contribution in [0.1, 0.15) is 38.4 Å². The van der Waals surface area contributed by atoms with Crippen LogP contribution in [0.2, 0.25) is 0 Å². The third-order valence-electron chi connectivity index (χ3n) is 4.49. The Morgan fingerprint density at radius 3 is 2.38 bits per heavy atom. The summed E-state index contributed by atoms with van der Waals surface area (Å²) in [6.45, 7) is 3.92. The van der Waals surface area contributed by atoms with Crippen LogP contribution in [-0.2, 0) is 9.53 Å². The van der Waals surface area contributed by atoms with Crippen LogP contribution in [0, 0.1) is 5.41 Å². The fourth-order valence-corrected chi connectivity index (χ4v) is 2.92. The Morgan fingerprint density at radius 2 is 1.76 bits per heavy atom. The molecule has 7 nitrogen and oxygen atoms in total. The van der Waals surface area contributed by atoms with Crippen LogP contribution < -0.4 is 10.8 Å². The van der Waals surface area contributed by atoms with E-state index in [-0.39, 0.29) is 5.75 Å². The number of phenols is 1. The van der Waals surface area contributed by atoms with E-state index in [1.165, 1.54) is 11.6 Å². The van der Waals surface area contributed by atoms with Crippen molar-refractivity contribution in [3.63, 3.8) is 0 Å². The average molecular weight is 398 g/mol. The van der Waals surface area contributed by atoms with Crippen LogP contribution in [-0.4, -0.2) is 22.3 Å². The molecule has 0 unspecified atom stereocenters. The number of rotatable bonds is 8. The number of phenolic OH excluding ortho intramolecular Hbond substituents is 1. The van der Waals surface area contributed by atoms with E-state index >= 15 is 0 Å². The highest BCUT2D eigenvalue weighted by molar-refractivity contribution is 5.86. The molecule has 29 heavy (non-hydrogen) atoms. The summed E-state index contributed by atoms with van der Waals surface area (Å²) < 4.78 is 5.77. The van der Waals surface area contributed by atoms with Crippen molar-refractivity contribution in [1.29, 1.82) is 0 Å². The number of hydrogen-bond donors (Lipinski definition) is 4. The Labute approximate surface area is 170 Å². The molecule has 0 aliphatic rings. The number of anilines is 1. The highest BCUT2D eigenvalue weighted by Crippen LogP contribution is 2.41. The molecular weight excluding hydrogens is 372 g/mol. The standard InChI is InChI=1S/C22H26N2O5/c1-22(2,15-7-6-10-19(26)24-28)20(16-11-13-18(25)14-12-16)29-21(27)23-17-8-4-3-5-9-17/h3-6,8-14,20,25,28H,7,15H2,1-2H3,(H,23,27)(H,24,26)/b10-6+/t20-/m0/s1. The van der Waals surface area contributed by atoms with Crippen molar-refractivity contribution < 1.29 is 24.6 Å². The van der Waals surface area contributed by atoms with E-state index in [1.807, 2.05) is 32.0 Å². The maximum Gasteiger partial charge on any atom is 0.412 e. The van der Waals surface area contributed by atoms with Gasteiger partial charge in [-0.05, 0) is 42.7 Å². The third-order valence-corrected chi connectivity index (χ3v) is 4.49. The SMILES string of the molecule is CC(C)(CC/C=C/C(=O)NO)[C@@H](OC(=O)Nc1ccccc1)c1ccc(O)cc1. The monoisotopic (exact) mass is 398 g/mol. The largest absolute Gasteiger partial charge is 0.508 e. The van der Waals surface area contributed by atoms with E-state index in [9.17, 15) is 14.7 Å². The molecule has 2 amide bonds. The second kappa shape index (κ2) is 10.3. The smallest absolute Gasteiger partial charge is 0.412 e. The number of aromatic hydroxyl groups is 1. The van der Waals surface area contributed by atoms with Gasteiger partial charge in [-0.15, -0.1) is 0 Å². The normalized spacial score (nSPS) is 12.4. The molecule has 0 bridgehead atoms. The van der Waals surface area contributed by atoms with Crippen molar-refractivity contribution in [2.24, 2.45) is 5.41 Å². The van der Waals surface area contributed by atoms with Crippen LogP contribution in [0.15, 0.2) is 66.7 Å². The Hall–Kier alpha value is -3.32. The number of carbonyl (C=O) groups excluding carboxylic acids is 2. The predicted octanol–water partition coefficient (Wildman–Crippen LogP) is 4.55. The number of allylic oxidation sites excluding steroid dienone is 1. The molecule has 2 aromatic rings. The summed E-state index contributed by atoms with van der Waals surface area (Å²) in [6, 6.07) is 15.5. The topological polar surface area (TPSA) is 108 Å². The molecule has 4 N–H and O–H groups in total. The zero-order valence-corrected chi connectivity index (χ0v) is 16.5. The van der Waals surface area contributed by atoms with Crippen LogP contribution in [0.3, 0.4) is 0 Å². The van der Waals surface area contributed by atoms with Crippen molar-refractivity contribution in [1.82, 2.24) is 5.48 Å².